The molecule has 0 fully saturated rings. The van der Waals surface area contributed by atoms with Gasteiger partial charge in [0.05, 0.1) is 12.9 Å². The summed E-state index contributed by atoms with van der Waals surface area (Å²) >= 11 is 0. The Labute approximate surface area is 84.1 Å². The van der Waals surface area contributed by atoms with Crippen LogP contribution in [0.4, 0.5) is 0 Å². The van der Waals surface area contributed by atoms with Gasteiger partial charge in [-0.2, -0.15) is 0 Å². The van der Waals surface area contributed by atoms with Crippen LogP contribution < -0.4 is 0 Å². The third kappa shape index (κ3) is 4.09. The minimum Gasteiger partial charge on any atom is -0.439 e. The first kappa shape index (κ1) is 12.7. The molecule has 0 aromatic carbocycles. The number of rotatable bonds is 6. The van der Waals surface area contributed by atoms with Gasteiger partial charge in [-0.3, -0.25) is 0 Å². The average molecular weight is 200 g/mol. The second-order valence-electron chi connectivity index (χ2n) is 2.75. The van der Waals surface area contributed by atoms with Gasteiger partial charge in [-0.1, -0.05) is 13.2 Å². The first-order valence-electron chi connectivity index (χ1n) is 4.26. The van der Waals surface area contributed by atoms with E-state index in [0.717, 1.165) is 6.26 Å². The molecule has 0 amide bonds. The zero-order valence-corrected chi connectivity index (χ0v) is 8.83. The molecule has 0 aliphatic carbocycles. The molecular formula is C10H16O4. The Kier molecular flexibility index (Phi) is 4.94. The first-order chi connectivity index (χ1) is 6.45. The SMILES string of the molecule is C=COC(C)(OCC)OC(=O)C(=C)C. The van der Waals surface area contributed by atoms with Crippen LogP contribution in [0.3, 0.4) is 0 Å². The van der Waals surface area contributed by atoms with Crippen LogP contribution in [0.1, 0.15) is 20.8 Å². The van der Waals surface area contributed by atoms with Crippen LogP contribution in [0.25, 0.3) is 0 Å². The van der Waals surface area contributed by atoms with Crippen molar-refractivity contribution in [1.82, 2.24) is 0 Å². The number of hydrogen-bond acceptors (Lipinski definition) is 4. The van der Waals surface area contributed by atoms with E-state index in [4.69, 9.17) is 14.2 Å². The Morgan fingerprint density at radius 3 is 2.50 bits per heavy atom. The summed E-state index contributed by atoms with van der Waals surface area (Å²) in [7, 11) is 0. The van der Waals surface area contributed by atoms with Crippen molar-refractivity contribution in [3.63, 3.8) is 0 Å². The largest absolute Gasteiger partial charge is 0.439 e. The van der Waals surface area contributed by atoms with Crippen molar-refractivity contribution in [3.8, 4) is 0 Å². The summed E-state index contributed by atoms with van der Waals surface area (Å²) in [5, 5.41) is 0. The number of hydrogen-bond donors (Lipinski definition) is 0. The predicted octanol–water partition coefficient (Wildman–Crippen LogP) is 1.98. The molecule has 0 aromatic rings. The van der Waals surface area contributed by atoms with E-state index in [1.165, 1.54) is 6.92 Å². The molecule has 0 rings (SSSR count). The maximum atomic E-state index is 11.2. The van der Waals surface area contributed by atoms with E-state index in [0.29, 0.717) is 6.61 Å². The number of ether oxygens (including phenoxy) is 3. The number of carbonyl (C=O) groups excluding carboxylic acids is 1. The lowest BCUT2D eigenvalue weighted by molar-refractivity contribution is -0.329. The molecule has 14 heavy (non-hydrogen) atoms. The van der Waals surface area contributed by atoms with Gasteiger partial charge in [0.1, 0.15) is 0 Å². The summed E-state index contributed by atoms with van der Waals surface area (Å²) in [6.45, 7) is 12.0. The predicted molar refractivity (Wildman–Crippen MR) is 52.2 cm³/mol. The van der Waals surface area contributed by atoms with E-state index in [-0.39, 0.29) is 5.57 Å². The Morgan fingerprint density at radius 1 is 1.57 bits per heavy atom. The first-order valence-corrected chi connectivity index (χ1v) is 4.26. The standard InChI is InChI=1S/C10H16O4/c1-6-12-10(5,13-7-2)14-9(11)8(3)4/h6H,1,3,7H2,2,4-5H3. The molecule has 4 heteroatoms. The van der Waals surface area contributed by atoms with E-state index in [1.807, 2.05) is 0 Å². The van der Waals surface area contributed by atoms with Gasteiger partial charge in [0.25, 0.3) is 0 Å². The third-order valence-corrected chi connectivity index (χ3v) is 1.33. The highest BCUT2D eigenvalue weighted by molar-refractivity contribution is 5.87. The van der Waals surface area contributed by atoms with Crippen molar-refractivity contribution in [3.05, 3.63) is 25.0 Å². The van der Waals surface area contributed by atoms with Gasteiger partial charge >= 0.3 is 11.9 Å². The van der Waals surface area contributed by atoms with Crippen LogP contribution in [0.5, 0.6) is 0 Å². The summed E-state index contributed by atoms with van der Waals surface area (Å²) in [6.07, 6.45) is 1.15. The van der Waals surface area contributed by atoms with E-state index < -0.39 is 11.9 Å². The van der Waals surface area contributed by atoms with Gasteiger partial charge in [-0.05, 0) is 13.8 Å². The number of esters is 1. The molecule has 1 unspecified atom stereocenters. The van der Waals surface area contributed by atoms with Crippen molar-refractivity contribution in [2.24, 2.45) is 0 Å². The fourth-order valence-electron chi connectivity index (χ4n) is 0.757. The van der Waals surface area contributed by atoms with Gasteiger partial charge < -0.3 is 14.2 Å². The Bertz CT molecular complexity index is 234. The lowest BCUT2D eigenvalue weighted by atomic mass is 10.4. The molecule has 0 radical (unpaired) electrons. The molecule has 0 saturated carbocycles. The van der Waals surface area contributed by atoms with Crippen LogP contribution >= 0.6 is 0 Å². The van der Waals surface area contributed by atoms with Gasteiger partial charge in [0.15, 0.2) is 0 Å². The molecule has 1 atom stereocenters. The van der Waals surface area contributed by atoms with E-state index in [9.17, 15) is 4.79 Å². The topological polar surface area (TPSA) is 44.8 Å². The molecular weight excluding hydrogens is 184 g/mol. The maximum absolute atomic E-state index is 11.2. The van der Waals surface area contributed by atoms with E-state index in [1.54, 1.807) is 13.8 Å². The van der Waals surface area contributed by atoms with E-state index in [2.05, 4.69) is 13.2 Å². The highest BCUT2D eigenvalue weighted by atomic mass is 16.9. The maximum Gasteiger partial charge on any atom is 0.370 e. The minimum atomic E-state index is -1.42. The van der Waals surface area contributed by atoms with Gasteiger partial charge in [-0.15, -0.1) is 0 Å². The second kappa shape index (κ2) is 5.44. The van der Waals surface area contributed by atoms with Crippen molar-refractivity contribution in [1.29, 1.82) is 0 Å². The van der Waals surface area contributed by atoms with Crippen molar-refractivity contribution < 1.29 is 19.0 Å². The molecule has 4 nitrogen and oxygen atoms in total. The van der Waals surface area contributed by atoms with E-state index >= 15 is 0 Å². The summed E-state index contributed by atoms with van der Waals surface area (Å²) < 4.78 is 15.0. The smallest absolute Gasteiger partial charge is 0.370 e. The molecule has 0 spiro atoms. The molecule has 0 saturated heterocycles. The number of carbonyl (C=O) groups is 1. The highest BCUT2D eigenvalue weighted by Gasteiger charge is 2.30. The Balaban J connectivity index is 4.42. The zero-order chi connectivity index (χ0) is 11.2. The molecule has 0 aliphatic rings. The normalized spacial score (nSPS) is 13.9. The summed E-state index contributed by atoms with van der Waals surface area (Å²) in [5.41, 5.74) is 0.281. The molecule has 0 N–H and O–H groups in total. The summed E-state index contributed by atoms with van der Waals surface area (Å²) in [6, 6.07) is 0. The van der Waals surface area contributed by atoms with Crippen LogP contribution in [0, 0.1) is 0 Å². The quantitative estimate of drug-likeness (QED) is 0.284. The van der Waals surface area contributed by atoms with Gasteiger partial charge in [0, 0.05) is 12.5 Å². The van der Waals surface area contributed by atoms with Crippen LogP contribution in [-0.2, 0) is 19.0 Å². The van der Waals surface area contributed by atoms with Crippen LogP contribution in [0.2, 0.25) is 0 Å². The van der Waals surface area contributed by atoms with Gasteiger partial charge in [-0.25, -0.2) is 4.79 Å². The zero-order valence-electron chi connectivity index (χ0n) is 8.83. The lowest BCUT2D eigenvalue weighted by Crippen LogP contribution is -2.36. The van der Waals surface area contributed by atoms with Crippen LogP contribution in [-0.4, -0.2) is 18.5 Å². The monoisotopic (exact) mass is 200 g/mol. The molecule has 0 aromatic heterocycles. The highest BCUT2D eigenvalue weighted by Crippen LogP contribution is 2.16. The summed E-state index contributed by atoms with van der Waals surface area (Å²) in [5.74, 6) is -1.99. The molecule has 80 valence electrons. The fraction of sp³-hybridized carbons (Fsp3) is 0.500. The lowest BCUT2D eigenvalue weighted by Gasteiger charge is -2.27. The minimum absolute atomic E-state index is 0.281. The Hall–Kier alpha value is -1.29. The van der Waals surface area contributed by atoms with Gasteiger partial charge in [0.2, 0.25) is 0 Å². The van der Waals surface area contributed by atoms with Crippen molar-refractivity contribution in [2.75, 3.05) is 6.61 Å². The summed E-state index contributed by atoms with van der Waals surface area (Å²) in [4.78, 5) is 11.2. The second-order valence-corrected chi connectivity index (χ2v) is 2.75. The average Bonchev–Trinajstić information content (AvgIpc) is 2.04. The Morgan fingerprint density at radius 2 is 2.14 bits per heavy atom. The fourth-order valence-corrected chi connectivity index (χ4v) is 0.757. The third-order valence-electron chi connectivity index (χ3n) is 1.33. The molecule has 0 heterocycles. The molecule has 0 aliphatic heterocycles. The van der Waals surface area contributed by atoms with Crippen molar-refractivity contribution in [2.45, 2.75) is 26.7 Å². The van der Waals surface area contributed by atoms with Crippen LogP contribution in [0.15, 0.2) is 25.0 Å². The van der Waals surface area contributed by atoms with Crippen molar-refractivity contribution >= 4 is 5.97 Å². The molecule has 0 bridgehead atoms.